The van der Waals surface area contributed by atoms with Crippen molar-refractivity contribution in [3.8, 4) is 0 Å². The van der Waals surface area contributed by atoms with Crippen LogP contribution in [0.5, 0.6) is 0 Å². The van der Waals surface area contributed by atoms with Crippen molar-refractivity contribution >= 4 is 20.2 Å². The molecule has 0 aliphatic carbocycles. The Morgan fingerprint density at radius 3 is 1.29 bits per heavy atom. The average molecular weight is 197 g/mol. The first-order valence-corrected chi connectivity index (χ1v) is 3.95. The van der Waals surface area contributed by atoms with E-state index >= 15 is 0 Å². The van der Waals surface area contributed by atoms with Crippen LogP contribution in [0.2, 0.25) is 0 Å². The summed E-state index contributed by atoms with van der Waals surface area (Å²) in [6.07, 6.45) is 0. The van der Waals surface area contributed by atoms with Gasteiger partial charge in [-0.15, -0.1) is 0 Å². The fourth-order valence-electron chi connectivity index (χ4n) is 0. The van der Waals surface area contributed by atoms with Gasteiger partial charge in [0.15, 0.2) is 0 Å². The maximum absolute atomic E-state index is 7.62. The quantitative estimate of drug-likeness (QED) is 0.594. The molecular formula is C2H6Cl2CuO2. The van der Waals surface area contributed by atoms with Crippen molar-refractivity contribution < 1.29 is 23.3 Å². The molecule has 0 heterocycles. The molecule has 0 amide bonds. The predicted molar refractivity (Wildman–Crippen MR) is 25.9 cm³/mol. The van der Waals surface area contributed by atoms with Crippen molar-refractivity contribution in [1.29, 1.82) is 0 Å². The van der Waals surface area contributed by atoms with E-state index in [1.54, 1.807) is 0 Å². The van der Waals surface area contributed by atoms with Crippen LogP contribution < -0.4 is 0 Å². The second kappa shape index (κ2) is 15.7. The van der Waals surface area contributed by atoms with E-state index in [-0.39, 0.29) is 13.2 Å². The van der Waals surface area contributed by atoms with E-state index in [9.17, 15) is 0 Å². The van der Waals surface area contributed by atoms with Crippen LogP contribution in [0.4, 0.5) is 0 Å². The second-order valence-electron chi connectivity index (χ2n) is 0.490. The van der Waals surface area contributed by atoms with E-state index in [1.807, 2.05) is 0 Å². The topological polar surface area (TPSA) is 40.5 Å². The number of aliphatic hydroxyl groups excluding tert-OH is 2. The van der Waals surface area contributed by atoms with Gasteiger partial charge in [0, 0.05) is 0 Å². The van der Waals surface area contributed by atoms with Crippen LogP contribution in [-0.2, 0) is 13.1 Å². The second-order valence-corrected chi connectivity index (χ2v) is 2.05. The minimum absolute atomic E-state index is 0.125. The molecule has 0 aromatic carbocycles. The van der Waals surface area contributed by atoms with E-state index in [0.717, 1.165) is 13.1 Å². The summed E-state index contributed by atoms with van der Waals surface area (Å²) in [6, 6.07) is 0. The summed E-state index contributed by atoms with van der Waals surface area (Å²) in [4.78, 5) is 0. The fraction of sp³-hybridized carbons (Fsp3) is 1.00. The molecule has 0 atom stereocenters. The Morgan fingerprint density at radius 1 is 1.14 bits per heavy atom. The first kappa shape index (κ1) is 10.9. The van der Waals surface area contributed by atoms with Crippen LogP contribution in [0.3, 0.4) is 0 Å². The van der Waals surface area contributed by atoms with E-state index < -0.39 is 0 Å². The molecule has 0 rings (SSSR count). The molecule has 7 heavy (non-hydrogen) atoms. The molecule has 0 fully saturated rings. The van der Waals surface area contributed by atoms with Crippen molar-refractivity contribution in [3.05, 3.63) is 0 Å². The Labute approximate surface area is 57.0 Å². The monoisotopic (exact) mass is 195 g/mol. The van der Waals surface area contributed by atoms with Crippen LogP contribution in [0, 0.1) is 0 Å². The Bertz CT molecular complexity index is 21.2. The van der Waals surface area contributed by atoms with E-state index in [4.69, 9.17) is 10.2 Å². The predicted octanol–water partition coefficient (Wildman–Crippen LogP) is 0.347. The summed E-state index contributed by atoms with van der Waals surface area (Å²) >= 11 is 0.757. The third-order valence-corrected chi connectivity index (χ3v) is 0.1000. The average Bonchev–Trinajstić information content (AvgIpc) is 1.69. The van der Waals surface area contributed by atoms with Crippen LogP contribution in [-0.4, -0.2) is 23.4 Å². The molecule has 2 nitrogen and oxygen atoms in total. The summed E-state index contributed by atoms with van der Waals surface area (Å²) in [7, 11) is 9.34. The molecule has 0 aliphatic rings. The van der Waals surface area contributed by atoms with Crippen molar-refractivity contribution in [2.75, 3.05) is 13.2 Å². The van der Waals surface area contributed by atoms with Gasteiger partial charge in [0.25, 0.3) is 0 Å². The number of rotatable bonds is 1. The molecule has 0 aliphatic heterocycles. The molecule has 0 aromatic rings. The summed E-state index contributed by atoms with van der Waals surface area (Å²) in [5.41, 5.74) is 0. The van der Waals surface area contributed by atoms with E-state index in [2.05, 4.69) is 20.2 Å². The van der Waals surface area contributed by atoms with E-state index in [1.165, 1.54) is 0 Å². The van der Waals surface area contributed by atoms with Crippen LogP contribution in [0.25, 0.3) is 0 Å². The Balaban J connectivity index is 0. The number of halogens is 2. The van der Waals surface area contributed by atoms with Gasteiger partial charge in [-0.3, -0.25) is 0 Å². The Hall–Kier alpha value is 1.02. The van der Waals surface area contributed by atoms with Crippen molar-refractivity contribution in [3.63, 3.8) is 0 Å². The summed E-state index contributed by atoms with van der Waals surface area (Å²) in [5.74, 6) is 0. The number of hydrogen-bond acceptors (Lipinski definition) is 2. The number of hydrogen-bond donors (Lipinski definition) is 2. The van der Waals surface area contributed by atoms with Crippen LogP contribution in [0.1, 0.15) is 0 Å². The molecule has 0 unspecified atom stereocenters. The zero-order chi connectivity index (χ0) is 6.12. The third kappa shape index (κ3) is 43.4. The van der Waals surface area contributed by atoms with Gasteiger partial charge in [-0.25, -0.2) is 0 Å². The molecule has 0 bridgehead atoms. The molecule has 0 aromatic heterocycles. The van der Waals surface area contributed by atoms with Crippen LogP contribution in [0.15, 0.2) is 0 Å². The van der Waals surface area contributed by atoms with Gasteiger partial charge in [0.1, 0.15) is 0 Å². The molecule has 2 N–H and O–H groups in total. The normalized spacial score (nSPS) is 7.43. The zero-order valence-electron chi connectivity index (χ0n) is 3.37. The molecule has 51 valence electrons. The van der Waals surface area contributed by atoms with Crippen molar-refractivity contribution in [2.45, 2.75) is 0 Å². The third-order valence-electron chi connectivity index (χ3n) is 0.1000. The van der Waals surface area contributed by atoms with Gasteiger partial charge in [-0.2, -0.15) is 0 Å². The maximum atomic E-state index is 7.62. The van der Waals surface area contributed by atoms with Gasteiger partial charge in [-0.05, 0) is 0 Å². The summed E-state index contributed by atoms with van der Waals surface area (Å²) in [6.45, 7) is -0.250. The number of aliphatic hydroxyl groups is 2. The standard InChI is InChI=1S/C2H6O2.2ClH.Cu/c3-1-2-4;;;/h3-4H,1-2H2;2*1H;/q;;;+2/p-2. The summed E-state index contributed by atoms with van der Waals surface area (Å²) in [5, 5.41) is 15.2. The van der Waals surface area contributed by atoms with Crippen LogP contribution >= 0.6 is 20.2 Å². The van der Waals surface area contributed by atoms with E-state index in [0.29, 0.717) is 0 Å². The molecular weight excluding hydrogens is 190 g/mol. The Kier molecular flexibility index (Phi) is 24.5. The molecule has 5 heteroatoms. The van der Waals surface area contributed by atoms with Crippen molar-refractivity contribution in [2.24, 2.45) is 0 Å². The molecule has 0 saturated carbocycles. The summed E-state index contributed by atoms with van der Waals surface area (Å²) < 4.78 is 0. The minimum atomic E-state index is -0.125. The van der Waals surface area contributed by atoms with Gasteiger partial charge in [0.05, 0.1) is 13.2 Å². The SMILES string of the molecule is OCCO.[Cl][Cu][Cl]. The zero-order valence-corrected chi connectivity index (χ0v) is 5.82. The van der Waals surface area contributed by atoms with Gasteiger partial charge >= 0.3 is 33.3 Å². The first-order chi connectivity index (χ1) is 3.33. The molecule has 0 radical (unpaired) electrons. The Morgan fingerprint density at radius 2 is 1.29 bits per heavy atom. The van der Waals surface area contributed by atoms with Crippen molar-refractivity contribution in [1.82, 2.24) is 0 Å². The molecule has 0 saturated heterocycles. The fourth-order valence-corrected chi connectivity index (χ4v) is 0. The first-order valence-electron chi connectivity index (χ1n) is 1.36. The van der Waals surface area contributed by atoms with Gasteiger partial charge < -0.3 is 10.2 Å². The van der Waals surface area contributed by atoms with Gasteiger partial charge in [-0.1, -0.05) is 0 Å². The molecule has 0 spiro atoms. The van der Waals surface area contributed by atoms with Gasteiger partial charge in [0.2, 0.25) is 0 Å².